The molecule has 1 aliphatic heterocycles. The smallest absolute Gasteiger partial charge is 0.262 e. The first-order chi connectivity index (χ1) is 11.0. The van der Waals surface area contributed by atoms with E-state index in [1.807, 2.05) is 0 Å². The van der Waals surface area contributed by atoms with Gasteiger partial charge in [-0.3, -0.25) is 14.5 Å². The number of hydrogen-bond acceptors (Lipinski definition) is 4. The molecule has 0 atom stereocenters. The van der Waals surface area contributed by atoms with Crippen molar-refractivity contribution in [2.24, 2.45) is 10.9 Å². The van der Waals surface area contributed by atoms with E-state index < -0.39 is 10.0 Å². The van der Waals surface area contributed by atoms with Crippen LogP contribution in [0.5, 0.6) is 0 Å². The molecular formula is C16H21N3O3S. The standard InChI is InChI=1S/C16H21N3O3S/c20-16(12-8-9-12)18-13-5-4-6-14(11-13)23(21,22)19-15-7-2-1-3-10-17-15/h4-6,11-12H,1-3,7-10H2,(H,17,19)(H,18,20). The fourth-order valence-corrected chi connectivity index (χ4v) is 3.64. The molecule has 1 heterocycles. The van der Waals surface area contributed by atoms with E-state index in [1.165, 1.54) is 12.1 Å². The second-order valence-corrected chi connectivity index (χ2v) is 7.72. The molecule has 1 aromatic rings. The first-order valence-electron chi connectivity index (χ1n) is 8.02. The topological polar surface area (TPSA) is 87.6 Å². The summed E-state index contributed by atoms with van der Waals surface area (Å²) in [5.74, 6) is 0.560. The van der Waals surface area contributed by atoms with Crippen LogP contribution in [0.15, 0.2) is 34.2 Å². The molecule has 2 N–H and O–H groups in total. The molecular weight excluding hydrogens is 314 g/mol. The molecule has 1 saturated carbocycles. The number of carbonyl (C=O) groups excluding carboxylic acids is 1. The normalized spacial score (nSPS) is 18.7. The third-order valence-electron chi connectivity index (χ3n) is 3.99. The van der Waals surface area contributed by atoms with Crippen LogP contribution in [0.1, 0.15) is 38.5 Å². The monoisotopic (exact) mass is 335 g/mol. The van der Waals surface area contributed by atoms with E-state index in [0.29, 0.717) is 24.5 Å². The molecule has 0 spiro atoms. The summed E-state index contributed by atoms with van der Waals surface area (Å²) in [6.07, 6.45) is 5.47. The van der Waals surface area contributed by atoms with Crippen LogP contribution >= 0.6 is 0 Å². The maximum atomic E-state index is 12.5. The molecule has 0 aromatic heterocycles. The second kappa shape index (κ2) is 6.70. The lowest BCUT2D eigenvalue weighted by Gasteiger charge is -2.11. The lowest BCUT2D eigenvalue weighted by molar-refractivity contribution is -0.117. The van der Waals surface area contributed by atoms with E-state index in [1.54, 1.807) is 12.1 Å². The highest BCUT2D eigenvalue weighted by molar-refractivity contribution is 7.90. The number of sulfonamides is 1. The Morgan fingerprint density at radius 2 is 2.00 bits per heavy atom. The van der Waals surface area contributed by atoms with Crippen molar-refractivity contribution in [2.75, 3.05) is 11.9 Å². The molecule has 3 rings (SSSR count). The molecule has 1 aromatic carbocycles. The fourth-order valence-electron chi connectivity index (χ4n) is 2.50. The summed E-state index contributed by atoms with van der Waals surface area (Å²) in [5, 5.41) is 2.77. The van der Waals surface area contributed by atoms with Gasteiger partial charge < -0.3 is 5.32 Å². The molecule has 7 heteroatoms. The van der Waals surface area contributed by atoms with Crippen molar-refractivity contribution in [3.8, 4) is 0 Å². The van der Waals surface area contributed by atoms with Crippen molar-refractivity contribution in [1.82, 2.24) is 4.72 Å². The molecule has 1 fully saturated rings. The van der Waals surface area contributed by atoms with Crippen LogP contribution < -0.4 is 10.0 Å². The zero-order valence-electron chi connectivity index (χ0n) is 12.9. The first kappa shape index (κ1) is 16.0. The molecule has 0 saturated heterocycles. The summed E-state index contributed by atoms with van der Waals surface area (Å²) in [6.45, 7) is 0.662. The molecule has 6 nitrogen and oxygen atoms in total. The average molecular weight is 335 g/mol. The van der Waals surface area contributed by atoms with Crippen LogP contribution in [0.3, 0.4) is 0 Å². The quantitative estimate of drug-likeness (QED) is 0.885. The summed E-state index contributed by atoms with van der Waals surface area (Å²) in [7, 11) is -3.67. The minimum atomic E-state index is -3.67. The number of amides is 1. The van der Waals surface area contributed by atoms with Crippen molar-refractivity contribution in [3.05, 3.63) is 24.3 Å². The van der Waals surface area contributed by atoms with Crippen molar-refractivity contribution in [1.29, 1.82) is 0 Å². The largest absolute Gasteiger partial charge is 0.326 e. The average Bonchev–Trinajstić information content (AvgIpc) is 3.35. The predicted octanol–water partition coefficient (Wildman–Crippen LogP) is 2.29. The van der Waals surface area contributed by atoms with Crippen LogP contribution in [0.2, 0.25) is 0 Å². The highest BCUT2D eigenvalue weighted by atomic mass is 32.2. The lowest BCUT2D eigenvalue weighted by atomic mass is 10.2. The molecule has 1 aliphatic carbocycles. The van der Waals surface area contributed by atoms with Crippen LogP contribution in [-0.4, -0.2) is 26.7 Å². The Morgan fingerprint density at radius 1 is 1.17 bits per heavy atom. The third kappa shape index (κ3) is 4.31. The van der Waals surface area contributed by atoms with Gasteiger partial charge in [0.05, 0.1) is 4.90 Å². The van der Waals surface area contributed by atoms with E-state index in [4.69, 9.17) is 0 Å². The van der Waals surface area contributed by atoms with Crippen molar-refractivity contribution in [2.45, 2.75) is 43.4 Å². The Kier molecular flexibility index (Phi) is 4.66. The Balaban J connectivity index is 1.73. The lowest BCUT2D eigenvalue weighted by Crippen LogP contribution is -2.30. The number of aliphatic imine (C=N–C) groups is 1. The second-order valence-electron chi connectivity index (χ2n) is 6.04. The number of amidine groups is 1. The molecule has 2 aliphatic rings. The van der Waals surface area contributed by atoms with Gasteiger partial charge in [-0.15, -0.1) is 0 Å². The predicted molar refractivity (Wildman–Crippen MR) is 88.9 cm³/mol. The van der Waals surface area contributed by atoms with Gasteiger partial charge in [-0.25, -0.2) is 8.42 Å². The molecule has 0 radical (unpaired) electrons. The number of rotatable bonds is 4. The molecule has 1 amide bonds. The summed E-state index contributed by atoms with van der Waals surface area (Å²) >= 11 is 0. The van der Waals surface area contributed by atoms with Gasteiger partial charge in [0, 0.05) is 24.6 Å². The van der Waals surface area contributed by atoms with Crippen molar-refractivity contribution < 1.29 is 13.2 Å². The Hall–Kier alpha value is -1.89. The van der Waals surface area contributed by atoms with Crippen LogP contribution in [0.4, 0.5) is 5.69 Å². The summed E-state index contributed by atoms with van der Waals surface area (Å²) in [5.41, 5.74) is 0.507. The number of nitrogens with one attached hydrogen (secondary N) is 2. The number of nitrogens with zero attached hydrogens (tertiary/aromatic N) is 1. The minimum Gasteiger partial charge on any atom is -0.326 e. The fraction of sp³-hybridized carbons (Fsp3) is 0.500. The SMILES string of the molecule is O=C(Nc1cccc(S(=O)(=O)NC2=NCCCCC2)c1)C1CC1. The Labute approximate surface area is 136 Å². The molecule has 124 valence electrons. The summed E-state index contributed by atoms with van der Waals surface area (Å²) in [6, 6.07) is 6.33. The zero-order valence-corrected chi connectivity index (χ0v) is 13.7. The van der Waals surface area contributed by atoms with E-state index in [0.717, 1.165) is 32.1 Å². The number of hydrogen-bond donors (Lipinski definition) is 2. The minimum absolute atomic E-state index is 0.0411. The summed E-state index contributed by atoms with van der Waals surface area (Å²) < 4.78 is 27.6. The number of anilines is 1. The maximum Gasteiger partial charge on any atom is 0.262 e. The van der Waals surface area contributed by atoms with Gasteiger partial charge in [0.25, 0.3) is 10.0 Å². The van der Waals surface area contributed by atoms with Crippen molar-refractivity contribution in [3.63, 3.8) is 0 Å². The van der Waals surface area contributed by atoms with E-state index >= 15 is 0 Å². The number of carbonyl (C=O) groups is 1. The van der Waals surface area contributed by atoms with Gasteiger partial charge >= 0.3 is 0 Å². The van der Waals surface area contributed by atoms with Gasteiger partial charge in [-0.1, -0.05) is 12.5 Å². The Morgan fingerprint density at radius 3 is 2.78 bits per heavy atom. The van der Waals surface area contributed by atoms with Gasteiger partial charge in [0.15, 0.2) is 0 Å². The van der Waals surface area contributed by atoms with Gasteiger partial charge in [0.1, 0.15) is 5.84 Å². The summed E-state index contributed by atoms with van der Waals surface area (Å²) in [4.78, 5) is 16.2. The highest BCUT2D eigenvalue weighted by Crippen LogP contribution is 2.30. The number of benzene rings is 1. The first-order valence-corrected chi connectivity index (χ1v) is 9.50. The molecule has 0 bridgehead atoms. The van der Waals surface area contributed by atoms with E-state index in [-0.39, 0.29) is 16.7 Å². The van der Waals surface area contributed by atoms with Gasteiger partial charge in [0.2, 0.25) is 5.91 Å². The van der Waals surface area contributed by atoms with E-state index in [2.05, 4.69) is 15.0 Å². The Bertz CT molecular complexity index is 724. The third-order valence-corrected chi connectivity index (χ3v) is 5.37. The zero-order chi connectivity index (χ0) is 16.3. The van der Waals surface area contributed by atoms with Crippen molar-refractivity contribution >= 4 is 27.5 Å². The highest BCUT2D eigenvalue weighted by Gasteiger charge is 2.29. The van der Waals surface area contributed by atoms with Crippen LogP contribution in [-0.2, 0) is 14.8 Å². The van der Waals surface area contributed by atoms with Crippen LogP contribution in [0, 0.1) is 5.92 Å². The molecule has 23 heavy (non-hydrogen) atoms. The maximum absolute atomic E-state index is 12.5. The van der Waals surface area contributed by atoms with Gasteiger partial charge in [-0.05, 0) is 43.9 Å². The van der Waals surface area contributed by atoms with E-state index in [9.17, 15) is 13.2 Å². The van der Waals surface area contributed by atoms with Crippen LogP contribution in [0.25, 0.3) is 0 Å². The van der Waals surface area contributed by atoms with Gasteiger partial charge in [-0.2, -0.15) is 0 Å². The molecule has 0 unspecified atom stereocenters.